The molecule has 0 N–H and O–H groups in total. The molecule has 3 aromatic carbocycles. The Hall–Kier alpha value is -4.69. The highest BCUT2D eigenvalue weighted by Crippen LogP contribution is 2.57. The van der Waals surface area contributed by atoms with Gasteiger partial charge in [0.25, 0.3) is 0 Å². The first-order chi connectivity index (χ1) is 21.0. The number of benzene rings is 3. The third-order valence-corrected chi connectivity index (χ3v) is 9.63. The number of hydrogen-bond acceptors (Lipinski definition) is 2. The zero-order chi connectivity index (χ0) is 29.1. The Balaban J connectivity index is 1.44. The zero-order valence-corrected chi connectivity index (χ0v) is 25.1. The van der Waals surface area contributed by atoms with Crippen LogP contribution in [0, 0.1) is 5.92 Å². The summed E-state index contributed by atoms with van der Waals surface area (Å²) in [6.45, 7) is 7.21. The van der Waals surface area contributed by atoms with Gasteiger partial charge in [-0.1, -0.05) is 99.7 Å². The van der Waals surface area contributed by atoms with Crippen molar-refractivity contribution in [2.24, 2.45) is 5.92 Å². The van der Waals surface area contributed by atoms with E-state index in [0.29, 0.717) is 5.92 Å². The molecule has 8 rings (SSSR count). The number of hydrogen-bond donors (Lipinski definition) is 0. The molecule has 3 aliphatic carbocycles. The molecule has 0 saturated carbocycles. The predicted octanol–water partition coefficient (Wildman–Crippen LogP) is 10.4. The zero-order valence-electron chi connectivity index (χ0n) is 25.1. The van der Waals surface area contributed by atoms with Gasteiger partial charge in [0.2, 0.25) is 0 Å². The topological polar surface area (TPSA) is 16.1 Å². The van der Waals surface area contributed by atoms with Crippen LogP contribution >= 0.6 is 0 Å². The van der Waals surface area contributed by atoms with Crippen molar-refractivity contribution >= 4 is 11.3 Å². The summed E-state index contributed by atoms with van der Waals surface area (Å²) >= 11 is 0. The second-order valence-corrected chi connectivity index (χ2v) is 12.8. The van der Waals surface area contributed by atoms with Gasteiger partial charge in [-0.3, -0.25) is 4.98 Å². The van der Waals surface area contributed by atoms with Gasteiger partial charge >= 0.3 is 0 Å². The maximum Gasteiger partial charge on any atom is 0.0702 e. The lowest BCUT2D eigenvalue weighted by Gasteiger charge is -2.36. The summed E-state index contributed by atoms with van der Waals surface area (Å²) in [6.07, 6.45) is 14.6. The molecular formula is C41H36N2. The molecule has 0 bridgehead atoms. The minimum atomic E-state index is -0.0815. The Morgan fingerprint density at radius 3 is 2.44 bits per heavy atom. The number of nitrogens with zero attached hydrogens (tertiary/aromatic N) is 2. The number of fused-ring (bicyclic) bond motifs is 4. The van der Waals surface area contributed by atoms with E-state index >= 15 is 0 Å². The van der Waals surface area contributed by atoms with E-state index in [1.807, 2.05) is 12.3 Å². The second-order valence-electron chi connectivity index (χ2n) is 12.8. The summed E-state index contributed by atoms with van der Waals surface area (Å²) in [5.74, 6) is 0.485. The van der Waals surface area contributed by atoms with Crippen molar-refractivity contribution in [2.45, 2.75) is 45.4 Å². The lowest BCUT2D eigenvalue weighted by molar-refractivity contribution is 0.613. The molecule has 4 aliphatic rings. The highest BCUT2D eigenvalue weighted by atomic mass is 15.2. The number of allylic oxidation sites excluding steroid dienone is 9. The standard InChI is InChI=1S/C41H36N2/c1-27-20-21-38-34(23-27)40-39(32-15-7-9-17-35(32)41(40,2)3)33-16-8-10-19-37(33)43(38)31-25-29(28-13-5-4-6-14-28)24-30(26-31)36-18-11-12-22-42-36/h4-9,11-18,20-22,24-27H,10,19,23H2,1-3H3. The van der Waals surface area contributed by atoms with Gasteiger partial charge in [-0.25, -0.2) is 0 Å². The van der Waals surface area contributed by atoms with E-state index in [9.17, 15) is 0 Å². The molecule has 210 valence electrons. The molecule has 43 heavy (non-hydrogen) atoms. The fourth-order valence-electron chi connectivity index (χ4n) is 7.70. The van der Waals surface area contributed by atoms with Gasteiger partial charge in [-0.2, -0.15) is 0 Å². The van der Waals surface area contributed by atoms with E-state index in [0.717, 1.165) is 30.5 Å². The number of rotatable bonds is 3. The van der Waals surface area contributed by atoms with Crippen molar-refractivity contribution in [3.63, 3.8) is 0 Å². The SMILES string of the molecule is CC1C=CC2=C(C1)C1=C(C3=C(CCC=C3)N2c2cc(-c3ccccc3)cc(-c3ccccn3)c2)c2ccccc2C1(C)C. The second kappa shape index (κ2) is 9.95. The minimum Gasteiger partial charge on any atom is -0.313 e. The fraction of sp³-hybridized carbons (Fsp3) is 0.195. The first kappa shape index (κ1) is 26.0. The highest BCUT2D eigenvalue weighted by molar-refractivity contribution is 5.97. The third-order valence-electron chi connectivity index (χ3n) is 9.63. The molecule has 4 aromatic rings. The number of pyridine rings is 1. The molecule has 1 aromatic heterocycles. The van der Waals surface area contributed by atoms with Crippen LogP contribution in [0.2, 0.25) is 0 Å². The first-order valence-electron chi connectivity index (χ1n) is 15.6. The molecule has 1 unspecified atom stereocenters. The van der Waals surface area contributed by atoms with Crippen LogP contribution in [0.25, 0.3) is 28.0 Å². The van der Waals surface area contributed by atoms with Crippen molar-refractivity contribution < 1.29 is 0 Å². The van der Waals surface area contributed by atoms with Crippen LogP contribution in [0.5, 0.6) is 0 Å². The first-order valence-corrected chi connectivity index (χ1v) is 15.6. The lowest BCUT2D eigenvalue weighted by atomic mass is 9.74. The van der Waals surface area contributed by atoms with Gasteiger partial charge in [0.05, 0.1) is 5.69 Å². The van der Waals surface area contributed by atoms with E-state index in [-0.39, 0.29) is 5.41 Å². The molecule has 0 radical (unpaired) electrons. The summed E-state index contributed by atoms with van der Waals surface area (Å²) < 4.78 is 0. The van der Waals surface area contributed by atoms with E-state index in [1.165, 1.54) is 61.6 Å². The van der Waals surface area contributed by atoms with Gasteiger partial charge < -0.3 is 4.90 Å². The Labute approximate surface area is 255 Å². The molecule has 0 spiro atoms. The van der Waals surface area contributed by atoms with Crippen LogP contribution in [0.4, 0.5) is 5.69 Å². The van der Waals surface area contributed by atoms with Gasteiger partial charge in [0, 0.05) is 39.8 Å². The Morgan fingerprint density at radius 2 is 1.60 bits per heavy atom. The lowest BCUT2D eigenvalue weighted by Crippen LogP contribution is -2.27. The van der Waals surface area contributed by atoms with Gasteiger partial charge in [0.1, 0.15) is 0 Å². The maximum atomic E-state index is 4.78. The summed E-state index contributed by atoms with van der Waals surface area (Å²) in [5.41, 5.74) is 17.0. The molecule has 2 heterocycles. The van der Waals surface area contributed by atoms with Gasteiger partial charge in [0.15, 0.2) is 0 Å². The van der Waals surface area contributed by atoms with Crippen molar-refractivity contribution in [1.29, 1.82) is 0 Å². The Bertz CT molecular complexity index is 1860. The Morgan fingerprint density at radius 1 is 0.814 bits per heavy atom. The van der Waals surface area contributed by atoms with Crippen LogP contribution in [0.15, 0.2) is 150 Å². The maximum absolute atomic E-state index is 4.78. The number of aromatic nitrogens is 1. The van der Waals surface area contributed by atoms with Crippen LogP contribution < -0.4 is 4.90 Å². The number of anilines is 1. The van der Waals surface area contributed by atoms with E-state index < -0.39 is 0 Å². The summed E-state index contributed by atoms with van der Waals surface area (Å²) in [6, 6.07) is 33.1. The van der Waals surface area contributed by atoms with Crippen LogP contribution in [-0.4, -0.2) is 4.98 Å². The molecule has 0 saturated heterocycles. The molecule has 0 amide bonds. The van der Waals surface area contributed by atoms with Crippen LogP contribution in [0.3, 0.4) is 0 Å². The van der Waals surface area contributed by atoms with Gasteiger partial charge in [-0.15, -0.1) is 0 Å². The predicted molar refractivity (Wildman–Crippen MR) is 179 cm³/mol. The van der Waals surface area contributed by atoms with Crippen LogP contribution in [-0.2, 0) is 5.41 Å². The van der Waals surface area contributed by atoms with Crippen molar-refractivity contribution in [2.75, 3.05) is 4.90 Å². The summed E-state index contributed by atoms with van der Waals surface area (Å²) in [7, 11) is 0. The quantitative estimate of drug-likeness (QED) is 0.249. The summed E-state index contributed by atoms with van der Waals surface area (Å²) in [5, 5.41) is 0. The van der Waals surface area contributed by atoms with E-state index in [1.54, 1.807) is 0 Å². The molecule has 2 nitrogen and oxygen atoms in total. The summed E-state index contributed by atoms with van der Waals surface area (Å²) in [4.78, 5) is 7.38. The smallest absolute Gasteiger partial charge is 0.0702 e. The average Bonchev–Trinajstić information content (AvgIpc) is 3.20. The largest absolute Gasteiger partial charge is 0.313 e. The normalized spacial score (nSPS) is 20.1. The van der Waals surface area contributed by atoms with Crippen molar-refractivity contribution in [3.05, 3.63) is 161 Å². The van der Waals surface area contributed by atoms with Crippen molar-refractivity contribution in [3.8, 4) is 22.4 Å². The Kier molecular flexibility index (Phi) is 6.01. The molecule has 1 atom stereocenters. The monoisotopic (exact) mass is 556 g/mol. The van der Waals surface area contributed by atoms with Crippen LogP contribution in [0.1, 0.15) is 51.2 Å². The fourth-order valence-corrected chi connectivity index (χ4v) is 7.70. The van der Waals surface area contributed by atoms with E-state index in [2.05, 4.69) is 135 Å². The average molecular weight is 557 g/mol. The molecule has 2 heteroatoms. The van der Waals surface area contributed by atoms with Crippen molar-refractivity contribution in [1.82, 2.24) is 4.98 Å². The van der Waals surface area contributed by atoms with E-state index in [4.69, 9.17) is 4.98 Å². The third kappa shape index (κ3) is 4.12. The minimum absolute atomic E-state index is 0.0815. The molecule has 0 fully saturated rings. The molecular weight excluding hydrogens is 520 g/mol. The molecule has 1 aliphatic heterocycles. The highest BCUT2D eigenvalue weighted by Gasteiger charge is 2.44. The van der Waals surface area contributed by atoms with Gasteiger partial charge in [-0.05, 0) is 101 Å².